The summed E-state index contributed by atoms with van der Waals surface area (Å²) in [6.45, 7) is 4.96. The van der Waals surface area contributed by atoms with Gasteiger partial charge in [0.25, 0.3) is 15.9 Å². The van der Waals surface area contributed by atoms with Crippen LogP contribution in [0.1, 0.15) is 19.4 Å². The summed E-state index contributed by atoms with van der Waals surface area (Å²) in [4.78, 5) is 11.9. The predicted octanol–water partition coefficient (Wildman–Crippen LogP) is 2.59. The Balaban J connectivity index is 1.66. The first-order chi connectivity index (χ1) is 12.9. The highest BCUT2D eigenvalue weighted by atomic mass is 32.2. The predicted molar refractivity (Wildman–Crippen MR) is 104 cm³/mol. The molecule has 1 heterocycles. The molecule has 1 amide bonds. The third-order valence-corrected chi connectivity index (χ3v) is 6.16. The van der Waals surface area contributed by atoms with Gasteiger partial charge in [-0.2, -0.15) is 0 Å². The van der Waals surface area contributed by atoms with Gasteiger partial charge in [0.05, 0.1) is 10.6 Å². The molecule has 7 heteroatoms. The number of anilines is 1. The number of hydrogen-bond donors (Lipinski definition) is 1. The Hall–Kier alpha value is -2.54. The normalized spacial score (nSPS) is 13.5. The number of benzene rings is 2. The maximum atomic E-state index is 12.9. The molecule has 0 atom stereocenters. The third-order valence-electron chi connectivity index (χ3n) is 4.33. The Kier molecular flexibility index (Phi) is 5.70. The lowest BCUT2D eigenvalue weighted by Gasteiger charge is -2.19. The topological polar surface area (TPSA) is 75.7 Å². The van der Waals surface area contributed by atoms with Crippen molar-refractivity contribution < 1.29 is 17.9 Å². The van der Waals surface area contributed by atoms with Crippen LogP contribution < -0.4 is 14.4 Å². The van der Waals surface area contributed by atoms with Crippen molar-refractivity contribution in [2.45, 2.75) is 25.2 Å². The number of nitrogens with one attached hydrogen (secondary N) is 1. The first-order valence-corrected chi connectivity index (χ1v) is 10.4. The molecule has 0 aromatic heterocycles. The molecule has 2 aromatic rings. The second-order valence-electron chi connectivity index (χ2n) is 6.91. The molecule has 1 N–H and O–H groups in total. The van der Waals surface area contributed by atoms with Crippen LogP contribution in [-0.2, 0) is 21.2 Å². The first kappa shape index (κ1) is 19.2. The molecule has 1 aliphatic heterocycles. The third kappa shape index (κ3) is 4.42. The van der Waals surface area contributed by atoms with Gasteiger partial charge in [0.2, 0.25) is 0 Å². The van der Waals surface area contributed by atoms with Crippen molar-refractivity contribution in [3.63, 3.8) is 0 Å². The number of amides is 1. The van der Waals surface area contributed by atoms with Crippen molar-refractivity contribution in [1.82, 2.24) is 5.32 Å². The van der Waals surface area contributed by atoms with Gasteiger partial charge in [0.15, 0.2) is 6.61 Å². The molecule has 0 unspecified atom stereocenters. The molecular formula is C20H24N2O4S. The smallest absolute Gasteiger partial charge is 0.264 e. The Morgan fingerprint density at radius 1 is 1.15 bits per heavy atom. The highest BCUT2D eigenvalue weighted by molar-refractivity contribution is 7.92. The number of rotatable bonds is 7. The molecule has 2 aromatic carbocycles. The van der Waals surface area contributed by atoms with E-state index in [9.17, 15) is 13.2 Å². The number of hydrogen-bond acceptors (Lipinski definition) is 4. The Bertz CT molecular complexity index is 908. The summed E-state index contributed by atoms with van der Waals surface area (Å²) in [5.41, 5.74) is 1.77. The molecule has 0 spiro atoms. The monoisotopic (exact) mass is 388 g/mol. The molecule has 6 nitrogen and oxygen atoms in total. The van der Waals surface area contributed by atoms with Gasteiger partial charge in [-0.15, -0.1) is 0 Å². The van der Waals surface area contributed by atoms with E-state index in [2.05, 4.69) is 5.32 Å². The van der Waals surface area contributed by atoms with Gasteiger partial charge < -0.3 is 10.1 Å². The lowest BCUT2D eigenvalue weighted by atomic mass is 10.2. The summed E-state index contributed by atoms with van der Waals surface area (Å²) in [7, 11) is -3.62. The molecular weight excluding hydrogens is 364 g/mol. The van der Waals surface area contributed by atoms with E-state index in [1.165, 1.54) is 16.4 Å². The fourth-order valence-corrected chi connectivity index (χ4v) is 4.41. The van der Waals surface area contributed by atoms with Crippen molar-refractivity contribution in [2.24, 2.45) is 5.92 Å². The van der Waals surface area contributed by atoms with Crippen molar-refractivity contribution >= 4 is 21.6 Å². The molecule has 0 saturated heterocycles. The molecule has 1 aliphatic rings. The zero-order valence-corrected chi connectivity index (χ0v) is 16.3. The van der Waals surface area contributed by atoms with Crippen molar-refractivity contribution in [3.05, 3.63) is 54.1 Å². The summed E-state index contributed by atoms with van der Waals surface area (Å²) >= 11 is 0. The van der Waals surface area contributed by atoms with Crippen LogP contribution in [-0.4, -0.2) is 34.0 Å². The largest absolute Gasteiger partial charge is 0.484 e. The molecule has 27 heavy (non-hydrogen) atoms. The minimum Gasteiger partial charge on any atom is -0.484 e. The molecule has 0 bridgehead atoms. The van der Waals surface area contributed by atoms with E-state index in [0.717, 1.165) is 11.3 Å². The van der Waals surface area contributed by atoms with Crippen LogP contribution in [0.5, 0.6) is 5.75 Å². The molecule has 0 saturated carbocycles. The second kappa shape index (κ2) is 8.00. The van der Waals surface area contributed by atoms with Crippen LogP contribution in [0.3, 0.4) is 0 Å². The SMILES string of the molecule is CC(C)CNC(=O)COc1ccc(S(=O)(=O)N2CCc3ccccc32)cc1. The summed E-state index contributed by atoms with van der Waals surface area (Å²) in [5, 5.41) is 2.77. The van der Waals surface area contributed by atoms with E-state index in [1.807, 2.05) is 38.1 Å². The lowest BCUT2D eigenvalue weighted by Crippen LogP contribution is -2.31. The van der Waals surface area contributed by atoms with Gasteiger partial charge in [0.1, 0.15) is 5.75 Å². The average Bonchev–Trinajstić information content (AvgIpc) is 3.10. The van der Waals surface area contributed by atoms with Gasteiger partial charge in [0, 0.05) is 13.1 Å². The Labute approximate surface area is 160 Å². The summed E-state index contributed by atoms with van der Waals surface area (Å²) < 4.78 is 32.8. The number of para-hydroxylation sites is 1. The highest BCUT2D eigenvalue weighted by Gasteiger charge is 2.30. The average molecular weight is 388 g/mol. The number of carbonyl (C=O) groups is 1. The summed E-state index contributed by atoms with van der Waals surface area (Å²) in [5.74, 6) is 0.624. The van der Waals surface area contributed by atoms with Gasteiger partial charge in [-0.3, -0.25) is 9.10 Å². The van der Waals surface area contributed by atoms with Crippen LogP contribution in [0.4, 0.5) is 5.69 Å². The van der Waals surface area contributed by atoms with Crippen molar-refractivity contribution in [2.75, 3.05) is 24.0 Å². The first-order valence-electron chi connectivity index (χ1n) is 8.98. The van der Waals surface area contributed by atoms with Crippen LogP contribution >= 0.6 is 0 Å². The molecule has 0 fully saturated rings. The maximum Gasteiger partial charge on any atom is 0.264 e. The standard InChI is InChI=1S/C20H24N2O4S/c1-15(2)13-21-20(23)14-26-17-7-9-18(10-8-17)27(24,25)22-12-11-16-5-3-4-6-19(16)22/h3-10,15H,11-14H2,1-2H3,(H,21,23). The van der Waals surface area contributed by atoms with Gasteiger partial charge in [-0.25, -0.2) is 8.42 Å². The zero-order valence-electron chi connectivity index (χ0n) is 15.5. The zero-order chi connectivity index (χ0) is 19.4. The number of ether oxygens (including phenoxy) is 1. The van der Waals surface area contributed by atoms with E-state index in [4.69, 9.17) is 4.74 Å². The number of nitrogens with zero attached hydrogens (tertiary/aromatic N) is 1. The van der Waals surface area contributed by atoms with Crippen LogP contribution in [0.2, 0.25) is 0 Å². The molecule has 0 aliphatic carbocycles. The van der Waals surface area contributed by atoms with Crippen LogP contribution in [0, 0.1) is 5.92 Å². The molecule has 144 valence electrons. The Morgan fingerprint density at radius 3 is 2.56 bits per heavy atom. The van der Waals surface area contributed by atoms with E-state index in [0.29, 0.717) is 31.2 Å². The molecule has 0 radical (unpaired) electrons. The summed E-state index contributed by atoms with van der Waals surface area (Å²) in [6.07, 6.45) is 0.710. The fourth-order valence-electron chi connectivity index (χ4n) is 2.91. The minimum atomic E-state index is -3.62. The lowest BCUT2D eigenvalue weighted by molar-refractivity contribution is -0.123. The van der Waals surface area contributed by atoms with Crippen LogP contribution in [0.25, 0.3) is 0 Å². The highest BCUT2D eigenvalue weighted by Crippen LogP contribution is 2.32. The van der Waals surface area contributed by atoms with E-state index >= 15 is 0 Å². The van der Waals surface area contributed by atoms with Gasteiger partial charge in [-0.05, 0) is 48.2 Å². The number of fused-ring (bicyclic) bond motifs is 1. The summed E-state index contributed by atoms with van der Waals surface area (Å²) in [6, 6.07) is 13.7. The number of carbonyl (C=O) groups excluding carboxylic acids is 1. The minimum absolute atomic E-state index is 0.0989. The van der Waals surface area contributed by atoms with Gasteiger partial charge >= 0.3 is 0 Å². The number of sulfonamides is 1. The molecule has 3 rings (SSSR count). The van der Waals surface area contributed by atoms with Crippen molar-refractivity contribution in [1.29, 1.82) is 0 Å². The van der Waals surface area contributed by atoms with Crippen molar-refractivity contribution in [3.8, 4) is 5.75 Å². The van der Waals surface area contributed by atoms with E-state index < -0.39 is 10.0 Å². The van der Waals surface area contributed by atoms with Crippen LogP contribution in [0.15, 0.2) is 53.4 Å². The van der Waals surface area contributed by atoms with Gasteiger partial charge in [-0.1, -0.05) is 32.0 Å². The Morgan fingerprint density at radius 2 is 1.85 bits per heavy atom. The fraction of sp³-hybridized carbons (Fsp3) is 0.350. The maximum absolute atomic E-state index is 12.9. The van der Waals surface area contributed by atoms with E-state index in [-0.39, 0.29) is 17.4 Å². The second-order valence-corrected chi connectivity index (χ2v) is 8.78. The van der Waals surface area contributed by atoms with E-state index in [1.54, 1.807) is 12.1 Å². The quantitative estimate of drug-likeness (QED) is 0.791.